The summed E-state index contributed by atoms with van der Waals surface area (Å²) in [5.74, 6) is 0.507. The number of nitrogens with zero attached hydrogens (tertiary/aromatic N) is 3. The van der Waals surface area contributed by atoms with Gasteiger partial charge in [-0.25, -0.2) is 9.97 Å². The van der Waals surface area contributed by atoms with Gasteiger partial charge in [0, 0.05) is 15.5 Å². The second-order valence-corrected chi connectivity index (χ2v) is 5.90. The zero-order chi connectivity index (χ0) is 12.7. The standard InChI is InChI=1S/C12H11BrN4S/c1-7-2-4-15-11-10(7)16-12(14)17(11)6-9-8(13)3-5-18-9/h2-5H,6H2,1H3,(H2,14,16). The molecule has 4 nitrogen and oxygen atoms in total. The molecule has 6 heteroatoms. The Hall–Kier alpha value is -1.40. The number of aromatic nitrogens is 3. The Morgan fingerprint density at radius 3 is 3.00 bits per heavy atom. The zero-order valence-corrected chi connectivity index (χ0v) is 12.1. The van der Waals surface area contributed by atoms with E-state index in [1.165, 1.54) is 4.88 Å². The summed E-state index contributed by atoms with van der Waals surface area (Å²) in [6, 6.07) is 3.98. The number of pyridine rings is 1. The van der Waals surface area contributed by atoms with Crippen LogP contribution in [0.5, 0.6) is 0 Å². The number of fused-ring (bicyclic) bond motifs is 1. The molecular formula is C12H11BrN4S. The van der Waals surface area contributed by atoms with Gasteiger partial charge in [-0.3, -0.25) is 4.57 Å². The van der Waals surface area contributed by atoms with Gasteiger partial charge in [-0.05, 0) is 45.9 Å². The predicted octanol–water partition coefficient (Wildman–Crippen LogP) is 3.19. The molecule has 0 fully saturated rings. The second-order valence-electron chi connectivity index (χ2n) is 4.05. The first kappa shape index (κ1) is 11.7. The van der Waals surface area contributed by atoms with Crippen molar-refractivity contribution in [2.75, 3.05) is 5.73 Å². The van der Waals surface area contributed by atoms with Crippen molar-refractivity contribution in [3.8, 4) is 0 Å². The van der Waals surface area contributed by atoms with Crippen LogP contribution in [0.4, 0.5) is 5.95 Å². The summed E-state index contributed by atoms with van der Waals surface area (Å²) < 4.78 is 3.04. The third-order valence-corrected chi connectivity index (χ3v) is 4.77. The van der Waals surface area contributed by atoms with Crippen molar-refractivity contribution in [1.82, 2.24) is 14.5 Å². The molecule has 0 radical (unpaired) electrons. The van der Waals surface area contributed by atoms with E-state index in [4.69, 9.17) is 5.73 Å². The van der Waals surface area contributed by atoms with Crippen molar-refractivity contribution >= 4 is 44.4 Å². The molecule has 0 amide bonds. The summed E-state index contributed by atoms with van der Waals surface area (Å²) in [5, 5.41) is 2.05. The Morgan fingerprint density at radius 1 is 1.44 bits per heavy atom. The highest BCUT2D eigenvalue weighted by molar-refractivity contribution is 9.10. The van der Waals surface area contributed by atoms with E-state index in [-0.39, 0.29) is 0 Å². The largest absolute Gasteiger partial charge is 0.369 e. The van der Waals surface area contributed by atoms with E-state index in [1.54, 1.807) is 17.5 Å². The number of hydrogen-bond donors (Lipinski definition) is 1. The maximum Gasteiger partial charge on any atom is 0.202 e. The van der Waals surface area contributed by atoms with E-state index in [2.05, 4.69) is 25.9 Å². The molecule has 18 heavy (non-hydrogen) atoms. The molecule has 0 unspecified atom stereocenters. The molecule has 3 rings (SSSR count). The van der Waals surface area contributed by atoms with Crippen molar-refractivity contribution in [3.63, 3.8) is 0 Å². The van der Waals surface area contributed by atoms with Crippen LogP contribution in [-0.2, 0) is 6.54 Å². The minimum absolute atomic E-state index is 0.507. The quantitative estimate of drug-likeness (QED) is 0.788. The zero-order valence-electron chi connectivity index (χ0n) is 9.72. The van der Waals surface area contributed by atoms with E-state index in [0.717, 1.165) is 21.2 Å². The van der Waals surface area contributed by atoms with Gasteiger partial charge in [0.25, 0.3) is 0 Å². The summed E-state index contributed by atoms with van der Waals surface area (Å²) in [6.45, 7) is 2.71. The van der Waals surface area contributed by atoms with E-state index in [9.17, 15) is 0 Å². The molecule has 0 atom stereocenters. The third-order valence-electron chi connectivity index (χ3n) is 2.86. The number of nitrogen functional groups attached to an aromatic ring is 1. The number of halogens is 1. The first-order valence-corrected chi connectivity index (χ1v) is 7.13. The average molecular weight is 323 g/mol. The van der Waals surface area contributed by atoms with Crippen molar-refractivity contribution in [2.45, 2.75) is 13.5 Å². The van der Waals surface area contributed by atoms with E-state index in [1.807, 2.05) is 29.0 Å². The van der Waals surface area contributed by atoms with Crippen molar-refractivity contribution in [2.24, 2.45) is 0 Å². The number of imidazole rings is 1. The number of thiophene rings is 1. The first-order chi connectivity index (χ1) is 8.66. The lowest BCUT2D eigenvalue weighted by Crippen LogP contribution is -2.04. The Balaban J connectivity index is 2.15. The average Bonchev–Trinajstić information content (AvgIpc) is 2.87. The summed E-state index contributed by atoms with van der Waals surface area (Å²) in [7, 11) is 0. The maximum atomic E-state index is 5.99. The van der Waals surface area contributed by atoms with Crippen LogP contribution >= 0.6 is 27.3 Å². The molecule has 3 aromatic rings. The van der Waals surface area contributed by atoms with Crippen LogP contribution in [-0.4, -0.2) is 14.5 Å². The van der Waals surface area contributed by atoms with E-state index < -0.39 is 0 Å². The van der Waals surface area contributed by atoms with Crippen LogP contribution in [0, 0.1) is 6.92 Å². The van der Waals surface area contributed by atoms with Crippen molar-refractivity contribution < 1.29 is 0 Å². The van der Waals surface area contributed by atoms with Gasteiger partial charge in [-0.2, -0.15) is 0 Å². The minimum Gasteiger partial charge on any atom is -0.369 e. The maximum absolute atomic E-state index is 5.99. The first-order valence-electron chi connectivity index (χ1n) is 5.46. The summed E-state index contributed by atoms with van der Waals surface area (Å²) in [5.41, 5.74) is 8.80. The lowest BCUT2D eigenvalue weighted by molar-refractivity contribution is 0.838. The van der Waals surface area contributed by atoms with Crippen LogP contribution in [0.2, 0.25) is 0 Å². The lowest BCUT2D eigenvalue weighted by atomic mass is 10.3. The molecule has 0 bridgehead atoms. The van der Waals surface area contributed by atoms with Crippen LogP contribution < -0.4 is 5.73 Å². The predicted molar refractivity (Wildman–Crippen MR) is 77.8 cm³/mol. The van der Waals surface area contributed by atoms with Gasteiger partial charge < -0.3 is 5.73 Å². The topological polar surface area (TPSA) is 56.7 Å². The van der Waals surface area contributed by atoms with Gasteiger partial charge in [0.05, 0.1) is 6.54 Å². The molecule has 3 heterocycles. The Morgan fingerprint density at radius 2 is 2.28 bits per heavy atom. The molecule has 0 aliphatic rings. The number of rotatable bonds is 2. The lowest BCUT2D eigenvalue weighted by Gasteiger charge is -2.04. The van der Waals surface area contributed by atoms with Crippen LogP contribution in [0.1, 0.15) is 10.4 Å². The molecular weight excluding hydrogens is 312 g/mol. The van der Waals surface area contributed by atoms with Crippen molar-refractivity contribution in [3.05, 3.63) is 38.6 Å². The van der Waals surface area contributed by atoms with Gasteiger partial charge >= 0.3 is 0 Å². The molecule has 0 aliphatic heterocycles. The SMILES string of the molecule is Cc1ccnc2c1nc(N)n2Cc1sccc1Br. The van der Waals surface area contributed by atoms with Gasteiger partial charge in [0.1, 0.15) is 5.52 Å². The normalized spacial score (nSPS) is 11.2. The molecule has 0 spiro atoms. The Kier molecular flexibility index (Phi) is 2.83. The van der Waals surface area contributed by atoms with Gasteiger partial charge in [0.15, 0.2) is 5.65 Å². The smallest absolute Gasteiger partial charge is 0.202 e. The van der Waals surface area contributed by atoms with Crippen molar-refractivity contribution in [1.29, 1.82) is 0 Å². The number of aryl methyl sites for hydroxylation is 1. The molecule has 2 N–H and O–H groups in total. The van der Waals surface area contributed by atoms with Crippen LogP contribution in [0.15, 0.2) is 28.2 Å². The van der Waals surface area contributed by atoms with Gasteiger partial charge in [-0.1, -0.05) is 0 Å². The Labute approximate surface area is 117 Å². The molecule has 3 aromatic heterocycles. The fraction of sp³-hybridized carbons (Fsp3) is 0.167. The summed E-state index contributed by atoms with van der Waals surface area (Å²) in [6.07, 6.45) is 1.79. The second kappa shape index (κ2) is 4.37. The highest BCUT2D eigenvalue weighted by atomic mass is 79.9. The molecule has 92 valence electrons. The molecule has 0 aliphatic carbocycles. The number of nitrogens with two attached hydrogens (primary N) is 1. The fourth-order valence-corrected chi connectivity index (χ4v) is 3.36. The summed E-state index contributed by atoms with van der Waals surface area (Å²) >= 11 is 5.22. The highest BCUT2D eigenvalue weighted by Crippen LogP contribution is 2.26. The van der Waals surface area contributed by atoms with Crippen LogP contribution in [0.25, 0.3) is 11.2 Å². The van der Waals surface area contributed by atoms with Crippen LogP contribution in [0.3, 0.4) is 0 Å². The van der Waals surface area contributed by atoms with Gasteiger partial charge in [0.2, 0.25) is 5.95 Å². The number of anilines is 1. The highest BCUT2D eigenvalue weighted by Gasteiger charge is 2.13. The van der Waals surface area contributed by atoms with E-state index >= 15 is 0 Å². The molecule has 0 saturated carbocycles. The molecule has 0 saturated heterocycles. The monoisotopic (exact) mass is 322 g/mol. The van der Waals surface area contributed by atoms with Gasteiger partial charge in [-0.15, -0.1) is 11.3 Å². The fourth-order valence-electron chi connectivity index (χ4n) is 1.89. The Bertz CT molecular complexity index is 716. The molecule has 0 aromatic carbocycles. The number of hydrogen-bond acceptors (Lipinski definition) is 4. The summed E-state index contributed by atoms with van der Waals surface area (Å²) in [4.78, 5) is 9.99. The van der Waals surface area contributed by atoms with E-state index in [0.29, 0.717) is 12.5 Å². The minimum atomic E-state index is 0.507. The third kappa shape index (κ3) is 1.81.